The lowest BCUT2D eigenvalue weighted by Crippen LogP contribution is -2.42. The Morgan fingerprint density at radius 1 is 1.46 bits per heavy atom. The minimum Gasteiger partial charge on any atom is -0.316 e. The summed E-state index contributed by atoms with van der Waals surface area (Å²) >= 11 is 0. The molecule has 0 bridgehead atoms. The molecule has 1 aliphatic rings. The highest BCUT2D eigenvalue weighted by Gasteiger charge is 2.32. The minimum absolute atomic E-state index is 0.157. The predicted molar refractivity (Wildman–Crippen MR) is 54.6 cm³/mol. The van der Waals surface area contributed by atoms with E-state index in [0.717, 1.165) is 31.5 Å². The summed E-state index contributed by atoms with van der Waals surface area (Å²) in [6.07, 6.45) is 3.90. The second kappa shape index (κ2) is 4.05. The predicted octanol–water partition coefficient (Wildman–Crippen LogP) is 1.91. The van der Waals surface area contributed by atoms with Crippen LogP contribution in [0.15, 0.2) is 11.6 Å². The fraction of sp³-hybridized carbons (Fsp3) is 0.727. The largest absolute Gasteiger partial charge is 0.316 e. The van der Waals surface area contributed by atoms with Crippen LogP contribution in [0.5, 0.6) is 0 Å². The molecular weight excluding hydrogens is 162 g/mol. The summed E-state index contributed by atoms with van der Waals surface area (Å²) in [6, 6.07) is 0. The van der Waals surface area contributed by atoms with Crippen LogP contribution in [-0.4, -0.2) is 18.9 Å². The summed E-state index contributed by atoms with van der Waals surface area (Å²) in [7, 11) is 0. The third kappa shape index (κ3) is 2.66. The lowest BCUT2D eigenvalue weighted by molar-refractivity contribution is -0.123. The van der Waals surface area contributed by atoms with Gasteiger partial charge in [-0.25, -0.2) is 0 Å². The van der Waals surface area contributed by atoms with Gasteiger partial charge in [0.15, 0.2) is 5.78 Å². The Bertz CT molecular complexity index is 220. The molecule has 1 rings (SSSR count). The minimum atomic E-state index is -0.157. The van der Waals surface area contributed by atoms with Gasteiger partial charge in [-0.1, -0.05) is 12.5 Å². The molecule has 1 fully saturated rings. The van der Waals surface area contributed by atoms with Crippen molar-refractivity contribution in [3.8, 4) is 0 Å². The fourth-order valence-electron chi connectivity index (χ4n) is 1.70. The summed E-state index contributed by atoms with van der Waals surface area (Å²) in [5.41, 5.74) is 0.937. The van der Waals surface area contributed by atoms with Gasteiger partial charge < -0.3 is 5.32 Å². The normalized spacial score (nSPS) is 28.2. The molecule has 0 aromatic rings. The SMILES string of the molecule is CC(C)=CC(=O)C1(C)CCCNC1. The van der Waals surface area contributed by atoms with Gasteiger partial charge in [-0.15, -0.1) is 0 Å². The molecular formula is C11H19NO. The van der Waals surface area contributed by atoms with Crippen molar-refractivity contribution in [3.05, 3.63) is 11.6 Å². The van der Waals surface area contributed by atoms with E-state index in [1.54, 1.807) is 6.08 Å². The quantitative estimate of drug-likeness (QED) is 0.659. The number of carbonyl (C=O) groups is 1. The van der Waals surface area contributed by atoms with E-state index in [-0.39, 0.29) is 11.2 Å². The second-order valence-corrected chi connectivity index (χ2v) is 4.43. The number of rotatable bonds is 2. The van der Waals surface area contributed by atoms with E-state index in [2.05, 4.69) is 12.2 Å². The molecule has 0 amide bonds. The standard InChI is InChI=1S/C11H19NO/c1-9(2)7-10(13)11(3)5-4-6-12-8-11/h7,12H,4-6,8H2,1-3H3. The Morgan fingerprint density at radius 2 is 2.15 bits per heavy atom. The van der Waals surface area contributed by atoms with Crippen molar-refractivity contribution < 1.29 is 4.79 Å². The first-order valence-electron chi connectivity index (χ1n) is 4.95. The van der Waals surface area contributed by atoms with Gasteiger partial charge in [0, 0.05) is 12.0 Å². The van der Waals surface area contributed by atoms with Gasteiger partial charge in [0.25, 0.3) is 0 Å². The fourth-order valence-corrected chi connectivity index (χ4v) is 1.70. The monoisotopic (exact) mass is 181 g/mol. The van der Waals surface area contributed by atoms with E-state index in [9.17, 15) is 4.79 Å². The second-order valence-electron chi connectivity index (χ2n) is 4.43. The molecule has 0 spiro atoms. The van der Waals surface area contributed by atoms with E-state index < -0.39 is 0 Å². The van der Waals surface area contributed by atoms with Gasteiger partial charge in [-0.3, -0.25) is 4.79 Å². The zero-order valence-electron chi connectivity index (χ0n) is 8.81. The maximum atomic E-state index is 11.8. The first-order valence-corrected chi connectivity index (χ1v) is 4.95. The van der Waals surface area contributed by atoms with Crippen LogP contribution in [-0.2, 0) is 4.79 Å². The van der Waals surface area contributed by atoms with Gasteiger partial charge in [0.1, 0.15) is 0 Å². The van der Waals surface area contributed by atoms with Crippen LogP contribution in [0.2, 0.25) is 0 Å². The van der Waals surface area contributed by atoms with E-state index >= 15 is 0 Å². The van der Waals surface area contributed by atoms with Crippen LogP contribution < -0.4 is 5.32 Å². The van der Waals surface area contributed by atoms with E-state index in [0.29, 0.717) is 0 Å². The molecule has 1 N–H and O–H groups in total. The molecule has 2 nitrogen and oxygen atoms in total. The van der Waals surface area contributed by atoms with Crippen LogP contribution in [0.3, 0.4) is 0 Å². The Morgan fingerprint density at radius 3 is 2.62 bits per heavy atom. The van der Waals surface area contributed by atoms with Crippen molar-refractivity contribution >= 4 is 5.78 Å². The summed E-state index contributed by atoms with van der Waals surface area (Å²) in [5.74, 6) is 0.278. The molecule has 1 unspecified atom stereocenters. The average Bonchev–Trinajstić information content (AvgIpc) is 2.04. The molecule has 0 saturated carbocycles. The van der Waals surface area contributed by atoms with Crippen LogP contribution in [0.4, 0.5) is 0 Å². The topological polar surface area (TPSA) is 29.1 Å². The van der Waals surface area contributed by atoms with Crippen LogP contribution in [0, 0.1) is 5.41 Å². The van der Waals surface area contributed by atoms with Crippen molar-refractivity contribution in [2.24, 2.45) is 5.41 Å². The molecule has 2 heteroatoms. The molecule has 13 heavy (non-hydrogen) atoms. The lowest BCUT2D eigenvalue weighted by atomic mass is 9.78. The number of allylic oxidation sites excluding steroid dienone is 2. The average molecular weight is 181 g/mol. The molecule has 0 aliphatic carbocycles. The van der Waals surface area contributed by atoms with Crippen LogP contribution >= 0.6 is 0 Å². The smallest absolute Gasteiger partial charge is 0.162 e. The maximum absolute atomic E-state index is 11.8. The van der Waals surface area contributed by atoms with Crippen LogP contribution in [0.25, 0.3) is 0 Å². The summed E-state index contributed by atoms with van der Waals surface area (Å²) in [6.45, 7) is 7.88. The number of ketones is 1. The summed E-state index contributed by atoms with van der Waals surface area (Å²) in [4.78, 5) is 11.8. The highest BCUT2D eigenvalue weighted by Crippen LogP contribution is 2.27. The molecule has 0 aromatic heterocycles. The van der Waals surface area contributed by atoms with Gasteiger partial charge in [-0.05, 0) is 39.3 Å². The Labute approximate surface area is 80.4 Å². The van der Waals surface area contributed by atoms with Gasteiger partial charge >= 0.3 is 0 Å². The summed E-state index contributed by atoms with van der Waals surface area (Å²) < 4.78 is 0. The highest BCUT2D eigenvalue weighted by atomic mass is 16.1. The van der Waals surface area contributed by atoms with Crippen molar-refractivity contribution in [1.82, 2.24) is 5.32 Å². The van der Waals surface area contributed by atoms with E-state index in [1.165, 1.54) is 0 Å². The van der Waals surface area contributed by atoms with Crippen molar-refractivity contribution in [1.29, 1.82) is 0 Å². The summed E-state index contributed by atoms with van der Waals surface area (Å²) in [5, 5.41) is 3.28. The molecule has 74 valence electrons. The van der Waals surface area contributed by atoms with E-state index in [1.807, 2.05) is 13.8 Å². The molecule has 1 atom stereocenters. The first kappa shape index (κ1) is 10.5. The molecule has 1 aliphatic heterocycles. The van der Waals surface area contributed by atoms with Gasteiger partial charge in [0.2, 0.25) is 0 Å². The van der Waals surface area contributed by atoms with Crippen LogP contribution in [0.1, 0.15) is 33.6 Å². The molecule has 0 aromatic carbocycles. The maximum Gasteiger partial charge on any atom is 0.162 e. The molecule has 1 heterocycles. The zero-order valence-corrected chi connectivity index (χ0v) is 8.81. The molecule has 1 saturated heterocycles. The Kier molecular flexibility index (Phi) is 3.26. The number of nitrogens with one attached hydrogen (secondary N) is 1. The Balaban J connectivity index is 2.67. The Hall–Kier alpha value is -0.630. The van der Waals surface area contributed by atoms with Gasteiger partial charge in [-0.2, -0.15) is 0 Å². The number of carbonyl (C=O) groups excluding carboxylic acids is 1. The number of hydrogen-bond acceptors (Lipinski definition) is 2. The number of piperidine rings is 1. The third-order valence-electron chi connectivity index (χ3n) is 2.61. The lowest BCUT2D eigenvalue weighted by Gasteiger charge is -2.31. The third-order valence-corrected chi connectivity index (χ3v) is 2.61. The molecule has 0 radical (unpaired) electrons. The van der Waals surface area contributed by atoms with E-state index in [4.69, 9.17) is 0 Å². The number of hydrogen-bond donors (Lipinski definition) is 1. The van der Waals surface area contributed by atoms with Crippen molar-refractivity contribution in [2.45, 2.75) is 33.6 Å². The first-order chi connectivity index (χ1) is 6.04. The zero-order chi connectivity index (χ0) is 9.90. The van der Waals surface area contributed by atoms with Crippen molar-refractivity contribution in [3.63, 3.8) is 0 Å². The van der Waals surface area contributed by atoms with Gasteiger partial charge in [0.05, 0.1) is 0 Å². The highest BCUT2D eigenvalue weighted by molar-refractivity contribution is 5.95. The van der Waals surface area contributed by atoms with Crippen molar-refractivity contribution in [2.75, 3.05) is 13.1 Å².